The number of rotatable bonds is 5. The van der Waals surface area contributed by atoms with Gasteiger partial charge in [-0.2, -0.15) is 0 Å². The van der Waals surface area contributed by atoms with Crippen LogP contribution in [0.5, 0.6) is 0 Å². The molecule has 1 N–H and O–H groups in total. The molecular formula is C8H11NO4S2. The largest absolute Gasteiger partial charge is 0.480 e. The molecule has 0 spiro atoms. The molecule has 0 aromatic rings. The van der Waals surface area contributed by atoms with Gasteiger partial charge in [0, 0.05) is 18.6 Å². The summed E-state index contributed by atoms with van der Waals surface area (Å²) in [7, 11) is 2.74. The van der Waals surface area contributed by atoms with Crippen molar-refractivity contribution < 1.29 is 19.5 Å². The first-order valence-electron chi connectivity index (χ1n) is 4.31. The number of hydrogen-bond donors (Lipinski definition) is 1. The zero-order valence-corrected chi connectivity index (χ0v) is 9.77. The molecule has 1 aliphatic heterocycles. The van der Waals surface area contributed by atoms with Crippen LogP contribution in [-0.2, 0) is 14.4 Å². The fourth-order valence-electron chi connectivity index (χ4n) is 1.33. The van der Waals surface area contributed by atoms with E-state index in [0.29, 0.717) is 0 Å². The number of carboxylic acids is 1. The van der Waals surface area contributed by atoms with E-state index in [1.807, 2.05) is 6.26 Å². The summed E-state index contributed by atoms with van der Waals surface area (Å²) >= 11 is 0. The van der Waals surface area contributed by atoms with Crippen LogP contribution >= 0.6 is 21.6 Å². The number of imide groups is 1. The summed E-state index contributed by atoms with van der Waals surface area (Å²) in [5, 5.41) is 8.93. The Morgan fingerprint density at radius 1 is 1.47 bits per heavy atom. The van der Waals surface area contributed by atoms with E-state index in [-0.39, 0.29) is 30.4 Å². The van der Waals surface area contributed by atoms with Gasteiger partial charge < -0.3 is 5.11 Å². The molecule has 1 aliphatic rings. The summed E-state index contributed by atoms with van der Waals surface area (Å²) < 4.78 is 0. The van der Waals surface area contributed by atoms with Crippen molar-refractivity contribution in [3.8, 4) is 0 Å². The number of nitrogens with zero attached hydrogens (tertiary/aromatic N) is 1. The fraction of sp³-hybridized carbons (Fsp3) is 0.625. The van der Waals surface area contributed by atoms with Gasteiger partial charge in [0.1, 0.15) is 6.04 Å². The molecule has 1 fully saturated rings. The Labute approximate surface area is 95.0 Å². The van der Waals surface area contributed by atoms with Gasteiger partial charge in [-0.05, 0) is 6.26 Å². The predicted octanol–water partition coefficient (Wildman–Crippen LogP) is 0.600. The number of amides is 2. The molecule has 1 unspecified atom stereocenters. The highest BCUT2D eigenvalue weighted by atomic mass is 33.1. The Kier molecular flexibility index (Phi) is 4.46. The van der Waals surface area contributed by atoms with Gasteiger partial charge >= 0.3 is 5.97 Å². The van der Waals surface area contributed by atoms with Crippen LogP contribution < -0.4 is 0 Å². The lowest BCUT2D eigenvalue weighted by Gasteiger charge is -2.21. The molecule has 5 nitrogen and oxygen atoms in total. The van der Waals surface area contributed by atoms with Crippen LogP contribution in [0, 0.1) is 0 Å². The van der Waals surface area contributed by atoms with Gasteiger partial charge in [-0.3, -0.25) is 14.5 Å². The Hall–Kier alpha value is -0.690. The van der Waals surface area contributed by atoms with E-state index in [4.69, 9.17) is 5.11 Å². The average Bonchev–Trinajstić information content (AvgIpc) is 2.49. The quantitative estimate of drug-likeness (QED) is 0.568. The average molecular weight is 249 g/mol. The molecule has 0 aromatic carbocycles. The third-order valence-electron chi connectivity index (χ3n) is 2.03. The van der Waals surface area contributed by atoms with Crippen molar-refractivity contribution >= 4 is 39.4 Å². The van der Waals surface area contributed by atoms with Crippen molar-refractivity contribution in [3.63, 3.8) is 0 Å². The second-order valence-electron chi connectivity index (χ2n) is 2.96. The minimum absolute atomic E-state index is 0.131. The summed E-state index contributed by atoms with van der Waals surface area (Å²) in [5.41, 5.74) is 0. The number of aliphatic carboxylic acids is 1. The van der Waals surface area contributed by atoms with Gasteiger partial charge in [-0.15, -0.1) is 0 Å². The maximum atomic E-state index is 11.3. The van der Waals surface area contributed by atoms with Crippen molar-refractivity contribution in [3.05, 3.63) is 0 Å². The molecule has 0 radical (unpaired) electrons. The minimum Gasteiger partial charge on any atom is -0.480 e. The lowest BCUT2D eigenvalue weighted by atomic mass is 10.3. The standard InChI is InChI=1S/C8H11NO4S2/c1-14-15-4-5(8(12)13)9-6(10)2-3-7(9)11/h5H,2-4H2,1H3,(H,12,13). The molecule has 1 rings (SSSR count). The number of hydrogen-bond acceptors (Lipinski definition) is 5. The van der Waals surface area contributed by atoms with Crippen LogP contribution in [0.2, 0.25) is 0 Å². The van der Waals surface area contributed by atoms with E-state index in [0.717, 1.165) is 4.90 Å². The summed E-state index contributed by atoms with van der Waals surface area (Å²) in [5.74, 6) is -1.66. The highest BCUT2D eigenvalue weighted by molar-refractivity contribution is 8.76. The van der Waals surface area contributed by atoms with E-state index < -0.39 is 12.0 Å². The highest BCUT2D eigenvalue weighted by Gasteiger charge is 2.38. The molecule has 1 saturated heterocycles. The Morgan fingerprint density at radius 3 is 2.40 bits per heavy atom. The zero-order valence-electron chi connectivity index (χ0n) is 8.13. The van der Waals surface area contributed by atoms with Crippen molar-refractivity contribution in [2.75, 3.05) is 12.0 Å². The van der Waals surface area contributed by atoms with Crippen LogP contribution in [-0.4, -0.2) is 45.8 Å². The highest BCUT2D eigenvalue weighted by Crippen LogP contribution is 2.23. The number of carboxylic acid groups (broad SMARTS) is 1. The van der Waals surface area contributed by atoms with Gasteiger partial charge in [0.05, 0.1) is 0 Å². The molecule has 1 atom stereocenters. The van der Waals surface area contributed by atoms with Gasteiger partial charge in [0.2, 0.25) is 11.8 Å². The van der Waals surface area contributed by atoms with E-state index >= 15 is 0 Å². The maximum Gasteiger partial charge on any atom is 0.327 e. The molecule has 7 heteroatoms. The normalized spacial score (nSPS) is 18.3. The molecule has 0 bridgehead atoms. The van der Waals surface area contributed by atoms with Gasteiger partial charge in [-0.1, -0.05) is 21.6 Å². The molecule has 15 heavy (non-hydrogen) atoms. The van der Waals surface area contributed by atoms with Crippen LogP contribution in [0.1, 0.15) is 12.8 Å². The molecule has 1 heterocycles. The first kappa shape index (κ1) is 12.4. The third-order valence-corrected chi connectivity index (χ3v) is 3.83. The number of likely N-dealkylation sites (tertiary alicyclic amines) is 1. The van der Waals surface area contributed by atoms with Crippen molar-refractivity contribution in [1.82, 2.24) is 4.90 Å². The van der Waals surface area contributed by atoms with E-state index in [2.05, 4.69) is 0 Å². The molecule has 0 aliphatic carbocycles. The topological polar surface area (TPSA) is 74.7 Å². The molecule has 84 valence electrons. The second kappa shape index (κ2) is 5.41. The fourth-order valence-corrected chi connectivity index (χ4v) is 2.68. The van der Waals surface area contributed by atoms with E-state index in [1.165, 1.54) is 21.6 Å². The van der Waals surface area contributed by atoms with Crippen LogP contribution in [0.3, 0.4) is 0 Å². The number of carbonyl (C=O) groups excluding carboxylic acids is 2. The van der Waals surface area contributed by atoms with E-state index in [1.54, 1.807) is 0 Å². The monoisotopic (exact) mass is 249 g/mol. The lowest BCUT2D eigenvalue weighted by Crippen LogP contribution is -2.45. The van der Waals surface area contributed by atoms with Crippen LogP contribution in [0.25, 0.3) is 0 Å². The van der Waals surface area contributed by atoms with Crippen molar-refractivity contribution in [1.29, 1.82) is 0 Å². The minimum atomic E-state index is -1.12. The van der Waals surface area contributed by atoms with E-state index in [9.17, 15) is 14.4 Å². The first-order chi connectivity index (χ1) is 7.07. The Balaban J connectivity index is 2.74. The lowest BCUT2D eigenvalue weighted by molar-refractivity contribution is -0.153. The van der Waals surface area contributed by atoms with Gasteiger partial charge in [0.25, 0.3) is 0 Å². The second-order valence-corrected chi connectivity index (χ2v) is 5.57. The maximum absolute atomic E-state index is 11.3. The van der Waals surface area contributed by atoms with Crippen molar-refractivity contribution in [2.24, 2.45) is 0 Å². The molecule has 0 aromatic heterocycles. The summed E-state index contributed by atoms with van der Waals surface area (Å²) in [6.07, 6.45) is 2.08. The van der Waals surface area contributed by atoms with Gasteiger partial charge in [-0.25, -0.2) is 4.79 Å². The van der Waals surface area contributed by atoms with Crippen molar-refractivity contribution in [2.45, 2.75) is 18.9 Å². The summed E-state index contributed by atoms with van der Waals surface area (Å²) in [6.45, 7) is 0. The predicted molar refractivity (Wildman–Crippen MR) is 58.5 cm³/mol. The smallest absolute Gasteiger partial charge is 0.327 e. The molecule has 0 saturated carbocycles. The van der Waals surface area contributed by atoms with Crippen LogP contribution in [0.4, 0.5) is 0 Å². The third kappa shape index (κ3) is 2.88. The van der Waals surface area contributed by atoms with Gasteiger partial charge in [0.15, 0.2) is 0 Å². The summed E-state index contributed by atoms with van der Waals surface area (Å²) in [4.78, 5) is 34.4. The zero-order chi connectivity index (χ0) is 11.4. The Bertz CT molecular complexity index is 278. The molecule has 2 amide bonds. The summed E-state index contributed by atoms with van der Waals surface area (Å²) in [6, 6.07) is -1.02. The van der Waals surface area contributed by atoms with Crippen LogP contribution in [0.15, 0.2) is 0 Å². The Morgan fingerprint density at radius 2 is 2.00 bits per heavy atom. The molecular weight excluding hydrogens is 238 g/mol. The SMILES string of the molecule is CSSCC(C(=O)O)N1C(=O)CCC1=O. The number of carbonyl (C=O) groups is 3. The first-order valence-corrected chi connectivity index (χ1v) is 7.04.